The number of nitrogens with zero attached hydrogens (tertiary/aromatic N) is 4. The molecule has 0 saturated heterocycles. The molecule has 1 N–H and O–H groups in total. The lowest BCUT2D eigenvalue weighted by molar-refractivity contribution is -0.116. The molecule has 8 heteroatoms. The standard InChI is InChI=1S/C18H25N5O2S/c1-13(2)12-23(18(25)22(3)4)11-10-15(24)19-17-21-20-16(26-17)14-8-6-5-7-9-14/h5-9,13H,10-12H2,1-4H3,(H,19,21,24). The van der Waals surface area contributed by atoms with Gasteiger partial charge in [0.15, 0.2) is 0 Å². The summed E-state index contributed by atoms with van der Waals surface area (Å²) in [6.45, 7) is 5.07. The number of carbonyl (C=O) groups excluding carboxylic acids is 2. The number of benzene rings is 1. The minimum absolute atomic E-state index is 0.0891. The molecule has 1 aromatic heterocycles. The summed E-state index contributed by atoms with van der Waals surface area (Å²) in [4.78, 5) is 27.6. The van der Waals surface area contributed by atoms with E-state index in [1.807, 2.05) is 44.2 Å². The number of aromatic nitrogens is 2. The van der Waals surface area contributed by atoms with Crippen LogP contribution in [0.5, 0.6) is 0 Å². The summed E-state index contributed by atoms with van der Waals surface area (Å²) in [5, 5.41) is 12.1. The summed E-state index contributed by atoms with van der Waals surface area (Å²) in [6, 6.07) is 9.60. The van der Waals surface area contributed by atoms with Crippen LogP contribution in [0.1, 0.15) is 20.3 Å². The van der Waals surface area contributed by atoms with Crippen molar-refractivity contribution in [2.24, 2.45) is 5.92 Å². The van der Waals surface area contributed by atoms with E-state index in [1.54, 1.807) is 19.0 Å². The van der Waals surface area contributed by atoms with Crippen LogP contribution in [0.2, 0.25) is 0 Å². The predicted molar refractivity (Wildman–Crippen MR) is 104 cm³/mol. The number of hydrogen-bond donors (Lipinski definition) is 1. The SMILES string of the molecule is CC(C)CN(CCC(=O)Nc1nnc(-c2ccccc2)s1)C(=O)N(C)C. The minimum Gasteiger partial charge on any atom is -0.331 e. The zero-order valence-electron chi connectivity index (χ0n) is 15.6. The number of rotatable bonds is 7. The largest absolute Gasteiger partial charge is 0.331 e. The normalized spacial score (nSPS) is 10.7. The van der Waals surface area contributed by atoms with Crippen molar-refractivity contribution in [2.45, 2.75) is 20.3 Å². The molecule has 0 bridgehead atoms. The van der Waals surface area contributed by atoms with Crippen molar-refractivity contribution in [2.75, 3.05) is 32.5 Å². The van der Waals surface area contributed by atoms with Gasteiger partial charge in [-0.05, 0) is 5.92 Å². The Labute approximate surface area is 158 Å². The van der Waals surface area contributed by atoms with Crippen LogP contribution in [0.15, 0.2) is 30.3 Å². The van der Waals surface area contributed by atoms with Crippen LogP contribution in [0.25, 0.3) is 10.6 Å². The molecule has 0 aliphatic rings. The number of nitrogens with one attached hydrogen (secondary N) is 1. The van der Waals surface area contributed by atoms with Crippen LogP contribution < -0.4 is 5.32 Å². The van der Waals surface area contributed by atoms with Gasteiger partial charge in [-0.15, -0.1) is 10.2 Å². The number of urea groups is 1. The van der Waals surface area contributed by atoms with Gasteiger partial charge in [0, 0.05) is 39.2 Å². The molecule has 0 radical (unpaired) electrons. The molecule has 0 atom stereocenters. The minimum atomic E-state index is -0.180. The highest BCUT2D eigenvalue weighted by molar-refractivity contribution is 7.18. The van der Waals surface area contributed by atoms with Gasteiger partial charge in [0.2, 0.25) is 11.0 Å². The number of carbonyl (C=O) groups is 2. The summed E-state index contributed by atoms with van der Waals surface area (Å²) < 4.78 is 0. The molecule has 0 spiro atoms. The third-order valence-corrected chi connectivity index (χ3v) is 4.43. The molecular weight excluding hydrogens is 350 g/mol. The molecule has 1 aromatic carbocycles. The Morgan fingerprint density at radius 1 is 1.15 bits per heavy atom. The third kappa shape index (κ3) is 5.80. The van der Waals surface area contributed by atoms with Crippen molar-refractivity contribution >= 4 is 28.4 Å². The molecule has 1 heterocycles. The topological polar surface area (TPSA) is 78.4 Å². The Hall–Kier alpha value is -2.48. The van der Waals surface area contributed by atoms with Crippen molar-refractivity contribution < 1.29 is 9.59 Å². The van der Waals surface area contributed by atoms with E-state index in [0.717, 1.165) is 10.6 Å². The zero-order valence-corrected chi connectivity index (χ0v) is 16.4. The molecule has 0 aliphatic heterocycles. The van der Waals surface area contributed by atoms with E-state index in [0.29, 0.717) is 24.1 Å². The van der Waals surface area contributed by atoms with Gasteiger partial charge in [-0.3, -0.25) is 4.79 Å². The van der Waals surface area contributed by atoms with Crippen LogP contribution in [0.3, 0.4) is 0 Å². The zero-order chi connectivity index (χ0) is 19.1. The number of hydrogen-bond acceptors (Lipinski definition) is 5. The predicted octanol–water partition coefficient (Wildman–Crippen LogP) is 3.17. The Morgan fingerprint density at radius 3 is 2.46 bits per heavy atom. The smallest absolute Gasteiger partial charge is 0.319 e. The second kappa shape index (κ2) is 9.28. The summed E-state index contributed by atoms with van der Waals surface area (Å²) >= 11 is 1.33. The van der Waals surface area contributed by atoms with Crippen LogP contribution in [-0.4, -0.2) is 59.1 Å². The average Bonchev–Trinajstić information content (AvgIpc) is 3.06. The molecule has 0 aliphatic carbocycles. The van der Waals surface area contributed by atoms with Crippen molar-refractivity contribution in [3.63, 3.8) is 0 Å². The Bertz CT molecular complexity index is 730. The molecule has 0 unspecified atom stereocenters. The number of amides is 3. The van der Waals surface area contributed by atoms with Crippen molar-refractivity contribution in [3.8, 4) is 10.6 Å². The lowest BCUT2D eigenvalue weighted by Gasteiger charge is -2.27. The van der Waals surface area contributed by atoms with Gasteiger partial charge in [0.05, 0.1) is 0 Å². The molecular formula is C18H25N5O2S. The van der Waals surface area contributed by atoms with Crippen LogP contribution in [-0.2, 0) is 4.79 Å². The van der Waals surface area contributed by atoms with Gasteiger partial charge >= 0.3 is 6.03 Å². The fourth-order valence-corrected chi connectivity index (χ4v) is 3.14. The van der Waals surface area contributed by atoms with E-state index < -0.39 is 0 Å². The monoisotopic (exact) mass is 375 g/mol. The molecule has 2 aromatic rings. The Kier molecular flexibility index (Phi) is 7.08. The summed E-state index contributed by atoms with van der Waals surface area (Å²) in [5.41, 5.74) is 0.963. The van der Waals surface area contributed by atoms with Gasteiger partial charge in [0.25, 0.3) is 0 Å². The lowest BCUT2D eigenvalue weighted by Crippen LogP contribution is -2.42. The first-order valence-electron chi connectivity index (χ1n) is 8.51. The quantitative estimate of drug-likeness (QED) is 0.806. The second-order valence-electron chi connectivity index (χ2n) is 6.59. The van der Waals surface area contributed by atoms with Crippen molar-refractivity contribution in [1.29, 1.82) is 0 Å². The average molecular weight is 375 g/mol. The van der Waals surface area contributed by atoms with E-state index in [4.69, 9.17) is 0 Å². The molecule has 2 rings (SSSR count). The molecule has 0 fully saturated rings. The van der Waals surface area contributed by atoms with Crippen LogP contribution >= 0.6 is 11.3 Å². The summed E-state index contributed by atoms with van der Waals surface area (Å²) in [5.74, 6) is 0.152. The highest BCUT2D eigenvalue weighted by Crippen LogP contribution is 2.25. The summed E-state index contributed by atoms with van der Waals surface area (Å²) in [7, 11) is 3.42. The first-order valence-corrected chi connectivity index (χ1v) is 9.33. The first kappa shape index (κ1) is 19.8. The van der Waals surface area contributed by atoms with Gasteiger partial charge in [-0.1, -0.05) is 55.5 Å². The van der Waals surface area contributed by atoms with E-state index in [-0.39, 0.29) is 18.4 Å². The molecule has 0 saturated carbocycles. The van der Waals surface area contributed by atoms with E-state index in [1.165, 1.54) is 16.2 Å². The lowest BCUT2D eigenvalue weighted by atomic mass is 10.2. The maximum Gasteiger partial charge on any atom is 0.319 e. The van der Waals surface area contributed by atoms with Crippen LogP contribution in [0, 0.1) is 5.92 Å². The van der Waals surface area contributed by atoms with Crippen molar-refractivity contribution in [1.82, 2.24) is 20.0 Å². The fraction of sp³-hybridized carbons (Fsp3) is 0.444. The second-order valence-corrected chi connectivity index (χ2v) is 7.57. The molecule has 140 valence electrons. The first-order chi connectivity index (χ1) is 12.4. The van der Waals surface area contributed by atoms with Crippen molar-refractivity contribution in [3.05, 3.63) is 30.3 Å². The van der Waals surface area contributed by atoms with Gasteiger partial charge < -0.3 is 15.1 Å². The van der Waals surface area contributed by atoms with E-state index >= 15 is 0 Å². The van der Waals surface area contributed by atoms with Gasteiger partial charge in [-0.25, -0.2) is 4.79 Å². The Balaban J connectivity index is 1.91. The maximum atomic E-state index is 12.2. The molecule has 26 heavy (non-hydrogen) atoms. The van der Waals surface area contributed by atoms with E-state index in [9.17, 15) is 9.59 Å². The van der Waals surface area contributed by atoms with E-state index in [2.05, 4.69) is 15.5 Å². The molecule has 3 amide bonds. The maximum absolute atomic E-state index is 12.2. The van der Waals surface area contributed by atoms with Gasteiger partial charge in [0.1, 0.15) is 5.01 Å². The highest BCUT2D eigenvalue weighted by Gasteiger charge is 2.18. The fourth-order valence-electron chi connectivity index (χ4n) is 2.38. The highest BCUT2D eigenvalue weighted by atomic mass is 32.1. The van der Waals surface area contributed by atoms with Crippen LogP contribution in [0.4, 0.5) is 9.93 Å². The van der Waals surface area contributed by atoms with Gasteiger partial charge in [-0.2, -0.15) is 0 Å². The number of anilines is 1. The third-order valence-electron chi connectivity index (χ3n) is 3.54. The summed E-state index contributed by atoms with van der Waals surface area (Å²) in [6.07, 6.45) is 0.215. The Morgan fingerprint density at radius 2 is 1.85 bits per heavy atom. The molecule has 7 nitrogen and oxygen atoms in total.